The Bertz CT molecular complexity index is 249. The van der Waals surface area contributed by atoms with Crippen LogP contribution in [0.3, 0.4) is 0 Å². The van der Waals surface area contributed by atoms with E-state index in [1.165, 1.54) is 0 Å². The van der Waals surface area contributed by atoms with E-state index in [1.807, 2.05) is 0 Å². The molecule has 6 heteroatoms. The van der Waals surface area contributed by atoms with Crippen LogP contribution in [0, 0.1) is 11.8 Å². The van der Waals surface area contributed by atoms with Crippen molar-refractivity contribution in [3.8, 4) is 0 Å². The predicted octanol–water partition coefficient (Wildman–Crippen LogP) is 2.06. The van der Waals surface area contributed by atoms with Crippen LogP contribution in [0.25, 0.3) is 0 Å². The third-order valence-corrected chi connectivity index (χ3v) is 2.56. The van der Waals surface area contributed by atoms with Crippen LogP contribution in [-0.2, 0) is 9.53 Å². The third kappa shape index (κ3) is 2.62. The van der Waals surface area contributed by atoms with Crippen molar-refractivity contribution in [2.24, 2.45) is 11.8 Å². The quantitative estimate of drug-likeness (QED) is 0.783. The number of carbonyl (C=O) groups is 1. The van der Waals surface area contributed by atoms with Gasteiger partial charge in [0.2, 0.25) is 0 Å². The minimum absolute atomic E-state index is 0.0722. The van der Waals surface area contributed by atoms with Crippen molar-refractivity contribution in [1.82, 2.24) is 0 Å². The zero-order chi connectivity index (χ0) is 11.8. The summed E-state index contributed by atoms with van der Waals surface area (Å²) in [5.74, 6) is -3.03. The summed E-state index contributed by atoms with van der Waals surface area (Å²) in [6.07, 6.45) is -7.47. The second-order valence-electron chi connectivity index (χ2n) is 4.06. The highest BCUT2D eigenvalue weighted by Crippen LogP contribution is 2.39. The monoisotopic (exact) mass is 226 g/mol. The first-order valence-corrected chi connectivity index (χ1v) is 4.68. The summed E-state index contributed by atoms with van der Waals surface area (Å²) in [5.41, 5.74) is 0. The van der Waals surface area contributed by atoms with Gasteiger partial charge in [0.05, 0.1) is 12.0 Å². The Morgan fingerprint density at radius 3 is 2.27 bits per heavy atom. The number of alkyl halides is 3. The average molecular weight is 226 g/mol. The van der Waals surface area contributed by atoms with Gasteiger partial charge in [-0.3, -0.25) is 4.79 Å². The summed E-state index contributed by atoms with van der Waals surface area (Å²) in [5, 5.41) is 8.67. The molecule has 1 N–H and O–H groups in total. The molecule has 3 unspecified atom stereocenters. The molecule has 0 aromatic carbocycles. The first-order valence-electron chi connectivity index (χ1n) is 4.68. The molecule has 1 heterocycles. The lowest BCUT2D eigenvalue weighted by atomic mass is 9.95. The molecule has 1 rings (SSSR count). The van der Waals surface area contributed by atoms with Crippen molar-refractivity contribution in [3.05, 3.63) is 0 Å². The van der Waals surface area contributed by atoms with Crippen molar-refractivity contribution < 1.29 is 27.8 Å². The molecule has 88 valence electrons. The Balaban J connectivity index is 2.82. The van der Waals surface area contributed by atoms with Crippen LogP contribution in [0.5, 0.6) is 0 Å². The lowest BCUT2D eigenvalue weighted by Crippen LogP contribution is -2.37. The van der Waals surface area contributed by atoms with E-state index >= 15 is 0 Å². The van der Waals surface area contributed by atoms with Crippen LogP contribution in [-0.4, -0.2) is 29.5 Å². The van der Waals surface area contributed by atoms with E-state index in [9.17, 15) is 18.0 Å². The Morgan fingerprint density at radius 2 is 2.00 bits per heavy atom. The maximum Gasteiger partial charge on any atom is 0.415 e. The fraction of sp³-hybridized carbons (Fsp3) is 0.889. The lowest BCUT2D eigenvalue weighted by Gasteiger charge is -2.19. The predicted molar refractivity (Wildman–Crippen MR) is 45.3 cm³/mol. The van der Waals surface area contributed by atoms with Gasteiger partial charge in [0.25, 0.3) is 0 Å². The SMILES string of the molecule is CC(C)C1CC(C(=O)O)C(C(F)(F)F)O1. The molecule has 0 amide bonds. The summed E-state index contributed by atoms with van der Waals surface area (Å²) in [6.45, 7) is 3.42. The van der Waals surface area contributed by atoms with Crippen LogP contribution in [0.1, 0.15) is 20.3 Å². The summed E-state index contributed by atoms with van der Waals surface area (Å²) < 4.78 is 42.0. The van der Waals surface area contributed by atoms with E-state index in [2.05, 4.69) is 0 Å². The highest BCUT2D eigenvalue weighted by molar-refractivity contribution is 5.71. The van der Waals surface area contributed by atoms with Crippen molar-refractivity contribution >= 4 is 5.97 Å². The molecule has 0 aromatic rings. The van der Waals surface area contributed by atoms with Crippen molar-refractivity contribution in [1.29, 1.82) is 0 Å². The maximum atomic E-state index is 12.4. The van der Waals surface area contributed by atoms with Crippen molar-refractivity contribution in [2.45, 2.75) is 38.7 Å². The molecule has 0 bridgehead atoms. The number of hydrogen-bond donors (Lipinski definition) is 1. The summed E-state index contributed by atoms with van der Waals surface area (Å²) in [7, 11) is 0. The van der Waals surface area contributed by atoms with Gasteiger partial charge in [0.1, 0.15) is 0 Å². The van der Waals surface area contributed by atoms with Gasteiger partial charge in [-0.15, -0.1) is 0 Å². The fourth-order valence-corrected chi connectivity index (χ4v) is 1.68. The molecule has 0 spiro atoms. The number of hydrogen-bond acceptors (Lipinski definition) is 2. The van der Waals surface area contributed by atoms with E-state index in [1.54, 1.807) is 13.8 Å². The second kappa shape index (κ2) is 4.00. The Labute approximate surface area is 85.2 Å². The third-order valence-electron chi connectivity index (χ3n) is 2.56. The molecular formula is C9H13F3O3. The van der Waals surface area contributed by atoms with Crippen LogP contribution >= 0.6 is 0 Å². The molecule has 3 nitrogen and oxygen atoms in total. The Kier molecular flexibility index (Phi) is 3.28. The first-order chi connectivity index (χ1) is 6.73. The number of rotatable bonds is 2. The number of carboxylic acids is 1. The molecule has 1 fully saturated rings. The molecule has 1 aliphatic rings. The average Bonchev–Trinajstić information content (AvgIpc) is 2.45. The molecule has 0 radical (unpaired) electrons. The van der Waals surface area contributed by atoms with Gasteiger partial charge < -0.3 is 9.84 Å². The van der Waals surface area contributed by atoms with Crippen LogP contribution in [0.15, 0.2) is 0 Å². The topological polar surface area (TPSA) is 46.5 Å². The minimum Gasteiger partial charge on any atom is -0.481 e. The molecule has 0 aromatic heterocycles. The standard InChI is InChI=1S/C9H13F3O3/c1-4(2)6-3-5(8(13)14)7(15-6)9(10,11)12/h4-7H,3H2,1-2H3,(H,13,14). The Hall–Kier alpha value is -0.780. The van der Waals surface area contributed by atoms with Gasteiger partial charge in [0.15, 0.2) is 6.10 Å². The first kappa shape index (κ1) is 12.3. The number of halogens is 3. The number of aliphatic carboxylic acids is 1. The summed E-state index contributed by atoms with van der Waals surface area (Å²) in [6, 6.07) is 0. The molecule has 1 aliphatic heterocycles. The van der Waals surface area contributed by atoms with Gasteiger partial charge >= 0.3 is 12.1 Å². The maximum absolute atomic E-state index is 12.4. The van der Waals surface area contributed by atoms with Crippen LogP contribution < -0.4 is 0 Å². The van der Waals surface area contributed by atoms with Gasteiger partial charge in [-0.1, -0.05) is 13.8 Å². The van der Waals surface area contributed by atoms with E-state index in [0.717, 1.165) is 0 Å². The van der Waals surface area contributed by atoms with Crippen molar-refractivity contribution in [3.63, 3.8) is 0 Å². The van der Waals surface area contributed by atoms with E-state index in [4.69, 9.17) is 9.84 Å². The fourth-order valence-electron chi connectivity index (χ4n) is 1.68. The van der Waals surface area contributed by atoms with Gasteiger partial charge in [-0.2, -0.15) is 13.2 Å². The molecule has 3 atom stereocenters. The van der Waals surface area contributed by atoms with Gasteiger partial charge in [0, 0.05) is 0 Å². The molecule has 15 heavy (non-hydrogen) atoms. The van der Waals surface area contributed by atoms with Gasteiger partial charge in [-0.25, -0.2) is 0 Å². The van der Waals surface area contributed by atoms with E-state index < -0.39 is 30.3 Å². The zero-order valence-corrected chi connectivity index (χ0v) is 8.41. The normalized spacial score (nSPS) is 32.3. The van der Waals surface area contributed by atoms with Crippen LogP contribution in [0.4, 0.5) is 13.2 Å². The highest BCUT2D eigenvalue weighted by atomic mass is 19.4. The van der Waals surface area contributed by atoms with Gasteiger partial charge in [-0.05, 0) is 12.3 Å². The molecular weight excluding hydrogens is 213 g/mol. The van der Waals surface area contributed by atoms with Crippen LogP contribution in [0.2, 0.25) is 0 Å². The van der Waals surface area contributed by atoms with Crippen molar-refractivity contribution in [2.75, 3.05) is 0 Å². The lowest BCUT2D eigenvalue weighted by molar-refractivity contribution is -0.228. The minimum atomic E-state index is -4.60. The largest absolute Gasteiger partial charge is 0.481 e. The second-order valence-corrected chi connectivity index (χ2v) is 4.06. The Morgan fingerprint density at radius 1 is 1.47 bits per heavy atom. The number of ether oxygens (including phenoxy) is 1. The van der Waals surface area contributed by atoms with E-state index in [0.29, 0.717) is 0 Å². The summed E-state index contributed by atoms with van der Waals surface area (Å²) in [4.78, 5) is 10.6. The summed E-state index contributed by atoms with van der Waals surface area (Å²) >= 11 is 0. The highest BCUT2D eigenvalue weighted by Gasteiger charge is 2.54. The number of carboxylic acid groups (broad SMARTS) is 1. The zero-order valence-electron chi connectivity index (χ0n) is 8.41. The molecule has 1 saturated heterocycles. The molecule has 0 aliphatic carbocycles. The molecule has 0 saturated carbocycles. The van der Waals surface area contributed by atoms with E-state index in [-0.39, 0.29) is 12.3 Å². The smallest absolute Gasteiger partial charge is 0.415 e.